The van der Waals surface area contributed by atoms with Crippen molar-refractivity contribution in [2.24, 2.45) is 14.2 Å². The molecule has 0 spiro atoms. The average Bonchev–Trinajstić information content (AvgIpc) is 3.48. The van der Waals surface area contributed by atoms with Crippen molar-refractivity contribution < 1.29 is 27.8 Å². The molecule has 194 valence electrons. The number of carbonyl (C=O) groups is 1. The Morgan fingerprint density at radius 3 is 2.53 bits per heavy atom. The van der Waals surface area contributed by atoms with Crippen LogP contribution in [-0.4, -0.2) is 48.7 Å². The van der Waals surface area contributed by atoms with Crippen LogP contribution >= 0.6 is 0 Å². The molecule has 1 aromatic heterocycles. The molecule has 0 radical (unpaired) electrons. The van der Waals surface area contributed by atoms with Crippen LogP contribution in [0.4, 0.5) is 5.69 Å². The van der Waals surface area contributed by atoms with Gasteiger partial charge in [-0.05, 0) is 56.4 Å². The Labute approximate surface area is 210 Å². The minimum Gasteiger partial charge on any atom is -0.464 e. The van der Waals surface area contributed by atoms with Gasteiger partial charge < -0.3 is 24.8 Å². The van der Waals surface area contributed by atoms with Gasteiger partial charge in [0.2, 0.25) is 5.75 Å². The smallest absolute Gasteiger partial charge is 0.367 e. The van der Waals surface area contributed by atoms with Crippen molar-refractivity contribution in [3.63, 3.8) is 0 Å². The highest BCUT2D eigenvalue weighted by Crippen LogP contribution is 2.35. The Kier molecular flexibility index (Phi) is 6.84. The van der Waals surface area contributed by atoms with Crippen LogP contribution in [0.3, 0.4) is 0 Å². The van der Waals surface area contributed by atoms with Gasteiger partial charge in [0.25, 0.3) is 5.91 Å². The van der Waals surface area contributed by atoms with Gasteiger partial charge in [-0.2, -0.15) is 8.42 Å². The second kappa shape index (κ2) is 9.58. The Morgan fingerprint density at radius 1 is 1.22 bits per heavy atom. The lowest BCUT2D eigenvalue weighted by Gasteiger charge is -2.30. The number of anilines is 1. The summed E-state index contributed by atoms with van der Waals surface area (Å²) in [7, 11) is -4.16. The number of rotatable bonds is 5. The Bertz CT molecular complexity index is 1320. The van der Waals surface area contributed by atoms with Crippen LogP contribution in [0.5, 0.6) is 5.75 Å². The van der Waals surface area contributed by atoms with Crippen molar-refractivity contribution in [1.29, 1.82) is 0 Å². The number of benzene rings is 1. The molecular weight excluding hydrogens is 486 g/mol. The van der Waals surface area contributed by atoms with Crippen LogP contribution in [0.25, 0.3) is 0 Å². The molecule has 4 rings (SSSR count). The van der Waals surface area contributed by atoms with Gasteiger partial charge in [-0.3, -0.25) is 4.79 Å². The predicted octanol–water partition coefficient (Wildman–Crippen LogP) is 3.91. The van der Waals surface area contributed by atoms with Crippen molar-refractivity contribution in [2.75, 3.05) is 11.9 Å². The summed E-state index contributed by atoms with van der Waals surface area (Å²) in [6.45, 7) is 10.3. The van der Waals surface area contributed by atoms with Crippen molar-refractivity contribution in [3.8, 4) is 5.75 Å². The van der Waals surface area contributed by atoms with Gasteiger partial charge in [-0.15, -0.1) is 8.80 Å². The number of carbonyl (C=O) groups excluding carboxylic acids is 1. The largest absolute Gasteiger partial charge is 0.464 e. The number of nitrogens with one attached hydrogen (secondary N) is 2. The third kappa shape index (κ3) is 5.24. The number of nitrogens with zero attached hydrogens (tertiary/aromatic N) is 3. The topological polar surface area (TPSA) is 146 Å². The molecule has 2 aliphatic rings. The summed E-state index contributed by atoms with van der Waals surface area (Å²) >= 11 is 0. The van der Waals surface area contributed by atoms with Gasteiger partial charge >= 0.3 is 10.2 Å². The molecule has 1 amide bonds. The van der Waals surface area contributed by atoms with Crippen LogP contribution in [-0.2, 0) is 10.2 Å². The fourth-order valence-corrected chi connectivity index (χ4v) is 5.17. The molecule has 3 N–H and O–H groups in total. The fourth-order valence-electron chi connectivity index (χ4n) is 4.39. The number of likely N-dealkylation sites (tertiary alicyclic amines) is 1. The molecule has 0 bridgehead atoms. The first kappa shape index (κ1) is 25.7. The van der Waals surface area contributed by atoms with E-state index in [9.17, 15) is 18.5 Å². The number of para-hydroxylation sites is 1. The first-order valence-electron chi connectivity index (χ1n) is 11.7. The molecule has 36 heavy (non-hydrogen) atoms. The molecule has 1 fully saturated rings. The SMILES string of the molecule is Cc1ccc([C@H](NC2=NS(=O)(=O)N=C2Nc2cccc(C(=O)N3CCC[C@H]3C)c2OO)C(C)(C)C)o1. The van der Waals surface area contributed by atoms with Crippen LogP contribution < -0.4 is 15.5 Å². The summed E-state index contributed by atoms with van der Waals surface area (Å²) in [5.74, 6) is 0.761. The van der Waals surface area contributed by atoms with Gasteiger partial charge in [0.15, 0.2) is 11.7 Å². The van der Waals surface area contributed by atoms with Gasteiger partial charge in [0, 0.05) is 12.6 Å². The highest BCUT2D eigenvalue weighted by atomic mass is 32.2. The summed E-state index contributed by atoms with van der Waals surface area (Å²) in [4.78, 5) is 19.5. The summed E-state index contributed by atoms with van der Waals surface area (Å²) in [5.41, 5.74) is -0.0907. The van der Waals surface area contributed by atoms with E-state index < -0.39 is 16.3 Å². The molecule has 2 aliphatic heterocycles. The molecular formula is C24H31N5O6S. The number of hydrogen-bond donors (Lipinski definition) is 3. The van der Waals surface area contributed by atoms with Crippen molar-refractivity contribution in [2.45, 2.75) is 59.5 Å². The van der Waals surface area contributed by atoms with Crippen LogP contribution in [0.15, 0.2) is 43.5 Å². The lowest BCUT2D eigenvalue weighted by Crippen LogP contribution is -2.41. The zero-order valence-electron chi connectivity index (χ0n) is 20.9. The Balaban J connectivity index is 1.65. The number of amidine groups is 2. The number of furan rings is 1. The lowest BCUT2D eigenvalue weighted by atomic mass is 9.85. The maximum atomic E-state index is 13.1. The third-order valence-corrected chi connectivity index (χ3v) is 7.06. The number of amides is 1. The zero-order valence-corrected chi connectivity index (χ0v) is 21.7. The molecule has 0 aliphatic carbocycles. The van der Waals surface area contributed by atoms with Crippen molar-refractivity contribution >= 4 is 33.5 Å². The Hall–Kier alpha value is -3.38. The van der Waals surface area contributed by atoms with Crippen molar-refractivity contribution in [1.82, 2.24) is 10.2 Å². The van der Waals surface area contributed by atoms with E-state index in [4.69, 9.17) is 4.42 Å². The van der Waals surface area contributed by atoms with Crippen molar-refractivity contribution in [3.05, 3.63) is 47.4 Å². The number of aryl methyl sites for hydroxylation is 1. The highest BCUT2D eigenvalue weighted by Gasteiger charge is 2.35. The van der Waals surface area contributed by atoms with Gasteiger partial charge in [0.05, 0.1) is 17.3 Å². The molecule has 12 heteroatoms. The highest BCUT2D eigenvalue weighted by molar-refractivity contribution is 7.89. The van der Waals surface area contributed by atoms with Gasteiger partial charge in [-0.25, -0.2) is 5.26 Å². The first-order chi connectivity index (χ1) is 16.9. The fraction of sp³-hybridized carbons (Fsp3) is 0.458. The number of hydrogen-bond acceptors (Lipinski definition) is 8. The monoisotopic (exact) mass is 517 g/mol. The third-order valence-electron chi connectivity index (χ3n) is 6.23. The maximum Gasteiger partial charge on any atom is 0.367 e. The van der Waals surface area contributed by atoms with E-state index in [2.05, 4.69) is 24.3 Å². The molecule has 0 saturated carbocycles. The van der Waals surface area contributed by atoms with Gasteiger partial charge in [-0.1, -0.05) is 26.8 Å². The molecule has 3 heterocycles. The second-order valence-electron chi connectivity index (χ2n) is 10.1. The minimum absolute atomic E-state index is 0.0298. The summed E-state index contributed by atoms with van der Waals surface area (Å²) in [6.07, 6.45) is 1.79. The quantitative estimate of drug-likeness (QED) is 0.400. The first-order valence-corrected chi connectivity index (χ1v) is 13.1. The van der Waals surface area contributed by atoms with Crippen LogP contribution in [0.1, 0.15) is 68.5 Å². The normalized spacial score (nSPS) is 20.1. The van der Waals surface area contributed by atoms with E-state index in [-0.39, 0.29) is 46.0 Å². The predicted molar refractivity (Wildman–Crippen MR) is 136 cm³/mol. The average molecular weight is 518 g/mol. The Morgan fingerprint density at radius 2 is 1.94 bits per heavy atom. The molecule has 2 atom stereocenters. The summed E-state index contributed by atoms with van der Waals surface area (Å²) in [5, 5.41) is 15.7. The van der Waals surface area contributed by atoms with E-state index >= 15 is 0 Å². The zero-order chi connectivity index (χ0) is 26.3. The lowest BCUT2D eigenvalue weighted by molar-refractivity contribution is -0.137. The molecule has 11 nitrogen and oxygen atoms in total. The van der Waals surface area contributed by atoms with Crippen LogP contribution in [0, 0.1) is 12.3 Å². The van der Waals surface area contributed by atoms with Crippen LogP contribution in [0.2, 0.25) is 0 Å². The maximum absolute atomic E-state index is 13.1. The standard InChI is InChI=1S/C24H31N5O6S/c1-14-8-7-13-29(14)23(30)16-9-6-10-17(19(16)35-31)25-21-22(28-36(32,33)27-21)26-20(24(3,4)5)18-12-11-15(2)34-18/h6,9-12,14,20,31H,7-8,13H2,1-5H3,(H,25,27)(H,26,28)/t14-,20+/m1/s1. The molecule has 2 aromatic rings. The summed E-state index contributed by atoms with van der Waals surface area (Å²) < 4.78 is 37.9. The minimum atomic E-state index is -4.16. The van der Waals surface area contributed by atoms with E-state index in [0.717, 1.165) is 12.8 Å². The summed E-state index contributed by atoms with van der Waals surface area (Å²) in [6, 6.07) is 7.95. The van der Waals surface area contributed by atoms with E-state index in [1.165, 1.54) is 6.07 Å². The van der Waals surface area contributed by atoms with E-state index in [1.807, 2.05) is 46.8 Å². The molecule has 1 saturated heterocycles. The van der Waals surface area contributed by atoms with E-state index in [0.29, 0.717) is 18.1 Å². The molecule has 1 aromatic carbocycles. The van der Waals surface area contributed by atoms with Gasteiger partial charge in [0.1, 0.15) is 11.5 Å². The molecule has 0 unspecified atom stereocenters. The second-order valence-corrected chi connectivity index (χ2v) is 11.4. The van der Waals surface area contributed by atoms with E-state index in [1.54, 1.807) is 17.0 Å².